The molecule has 20 heavy (non-hydrogen) atoms. The van der Waals surface area contributed by atoms with Crippen molar-refractivity contribution < 1.29 is 35.1 Å². The van der Waals surface area contributed by atoms with Crippen molar-refractivity contribution in [3.8, 4) is 5.75 Å². The maximum Gasteiger partial charge on any atom is 0.194 e. The molecule has 1 aromatic carbocycles. The van der Waals surface area contributed by atoms with Gasteiger partial charge in [0.2, 0.25) is 0 Å². The number of carbonyl (C=O) groups excluding carboxylic acids is 1. The number of carbonyl (C=O) groups is 1. The maximum atomic E-state index is 11.9. The molecule has 0 aliphatic rings. The summed E-state index contributed by atoms with van der Waals surface area (Å²) in [6.45, 7) is -0.804. The smallest absolute Gasteiger partial charge is 0.194 e. The van der Waals surface area contributed by atoms with Crippen LogP contribution >= 0.6 is 0 Å². The molecule has 0 saturated heterocycles. The van der Waals surface area contributed by atoms with Gasteiger partial charge < -0.3 is 30.3 Å². The van der Waals surface area contributed by atoms with E-state index in [0.29, 0.717) is 5.75 Å². The average molecular weight is 286 g/mol. The fourth-order valence-corrected chi connectivity index (χ4v) is 1.60. The zero-order valence-electron chi connectivity index (χ0n) is 10.9. The summed E-state index contributed by atoms with van der Waals surface area (Å²) < 4.78 is 4.92. The predicted octanol–water partition coefficient (Wildman–Crippen LogP) is -1.69. The van der Waals surface area contributed by atoms with E-state index >= 15 is 0 Å². The molecule has 0 bridgehead atoms. The van der Waals surface area contributed by atoms with Crippen molar-refractivity contribution in [3.05, 3.63) is 29.8 Å². The van der Waals surface area contributed by atoms with Gasteiger partial charge in [0.05, 0.1) is 13.7 Å². The summed E-state index contributed by atoms with van der Waals surface area (Å²) in [4.78, 5) is 11.9. The lowest BCUT2D eigenvalue weighted by Crippen LogP contribution is -2.48. The van der Waals surface area contributed by atoms with Crippen molar-refractivity contribution in [1.82, 2.24) is 0 Å². The second-order valence-electron chi connectivity index (χ2n) is 4.27. The number of ether oxygens (including phenoxy) is 1. The molecule has 1 rings (SSSR count). The summed E-state index contributed by atoms with van der Waals surface area (Å²) in [7, 11) is 1.46. The highest BCUT2D eigenvalue weighted by Crippen LogP contribution is 2.15. The highest BCUT2D eigenvalue weighted by atomic mass is 16.5. The van der Waals surface area contributed by atoms with E-state index in [1.165, 1.54) is 31.4 Å². The average Bonchev–Trinajstić information content (AvgIpc) is 2.51. The molecular formula is C13H18O7. The largest absolute Gasteiger partial charge is 0.497 e. The third kappa shape index (κ3) is 3.75. The molecule has 0 aliphatic heterocycles. The molecule has 0 aliphatic carbocycles. The first kappa shape index (κ1) is 16.5. The monoisotopic (exact) mass is 286 g/mol. The van der Waals surface area contributed by atoms with Gasteiger partial charge in [-0.15, -0.1) is 0 Å². The van der Waals surface area contributed by atoms with Crippen LogP contribution in [0.4, 0.5) is 0 Å². The molecule has 0 amide bonds. The molecular weight excluding hydrogens is 268 g/mol. The number of hydrogen-bond donors (Lipinski definition) is 5. The van der Waals surface area contributed by atoms with Gasteiger partial charge in [-0.1, -0.05) is 0 Å². The predicted molar refractivity (Wildman–Crippen MR) is 68.4 cm³/mol. The van der Waals surface area contributed by atoms with Gasteiger partial charge in [0.1, 0.15) is 30.2 Å². The highest BCUT2D eigenvalue weighted by molar-refractivity contribution is 5.99. The number of Topliss-reactive ketones (excluding diaryl/α,β-unsaturated/α-hetero) is 1. The van der Waals surface area contributed by atoms with E-state index < -0.39 is 36.8 Å². The zero-order valence-corrected chi connectivity index (χ0v) is 10.9. The Morgan fingerprint density at radius 3 is 2.10 bits per heavy atom. The Morgan fingerprint density at radius 2 is 1.65 bits per heavy atom. The lowest BCUT2D eigenvalue weighted by molar-refractivity contribution is -0.105. The minimum Gasteiger partial charge on any atom is -0.497 e. The Hall–Kier alpha value is -1.51. The normalized spacial score (nSPS) is 17.1. The van der Waals surface area contributed by atoms with E-state index in [1.54, 1.807) is 0 Å². The van der Waals surface area contributed by atoms with Crippen LogP contribution in [0, 0.1) is 0 Å². The number of aliphatic hydroxyl groups excluding tert-OH is 5. The molecule has 1 aromatic rings. The summed E-state index contributed by atoms with van der Waals surface area (Å²) >= 11 is 0. The fraction of sp³-hybridized carbons (Fsp3) is 0.462. The molecule has 0 spiro atoms. The van der Waals surface area contributed by atoms with E-state index in [4.69, 9.17) is 14.9 Å². The summed E-state index contributed by atoms with van der Waals surface area (Å²) in [5, 5.41) is 46.6. The van der Waals surface area contributed by atoms with Crippen molar-refractivity contribution in [2.24, 2.45) is 0 Å². The van der Waals surface area contributed by atoms with Gasteiger partial charge in [-0.05, 0) is 24.3 Å². The third-order valence-electron chi connectivity index (χ3n) is 2.90. The lowest BCUT2D eigenvalue weighted by atomic mass is 9.96. The van der Waals surface area contributed by atoms with Crippen LogP contribution in [0.5, 0.6) is 5.75 Å². The van der Waals surface area contributed by atoms with Crippen LogP contribution in [0.3, 0.4) is 0 Å². The molecule has 0 radical (unpaired) electrons. The summed E-state index contributed by atoms with van der Waals surface area (Å²) in [6.07, 6.45) is -7.31. The van der Waals surface area contributed by atoms with E-state index in [9.17, 15) is 20.1 Å². The SMILES string of the molecule is COc1ccc(C(=O)C(O)C(O)C(O)C(O)CO)cc1. The van der Waals surface area contributed by atoms with E-state index in [-0.39, 0.29) is 5.56 Å². The number of ketones is 1. The number of benzene rings is 1. The maximum absolute atomic E-state index is 11.9. The van der Waals surface area contributed by atoms with Crippen LogP contribution in [0.2, 0.25) is 0 Å². The molecule has 7 heteroatoms. The van der Waals surface area contributed by atoms with Crippen LogP contribution in [0.15, 0.2) is 24.3 Å². The number of aliphatic hydroxyl groups is 5. The Bertz CT molecular complexity index is 431. The first-order valence-corrected chi connectivity index (χ1v) is 5.93. The van der Waals surface area contributed by atoms with Crippen molar-refractivity contribution in [3.63, 3.8) is 0 Å². The summed E-state index contributed by atoms with van der Waals surface area (Å²) in [6, 6.07) is 5.80. The molecule has 0 fully saturated rings. The Labute approximate surface area is 115 Å². The molecule has 4 unspecified atom stereocenters. The minimum absolute atomic E-state index is 0.114. The van der Waals surface area contributed by atoms with Gasteiger partial charge in [0, 0.05) is 5.56 Å². The Balaban J connectivity index is 2.79. The van der Waals surface area contributed by atoms with Gasteiger partial charge in [-0.2, -0.15) is 0 Å². The highest BCUT2D eigenvalue weighted by Gasteiger charge is 2.34. The van der Waals surface area contributed by atoms with Crippen LogP contribution in [0.1, 0.15) is 10.4 Å². The third-order valence-corrected chi connectivity index (χ3v) is 2.90. The zero-order chi connectivity index (χ0) is 15.3. The van der Waals surface area contributed by atoms with Gasteiger partial charge in [0.25, 0.3) is 0 Å². The first-order chi connectivity index (χ1) is 9.42. The minimum atomic E-state index is -1.92. The van der Waals surface area contributed by atoms with Crippen LogP contribution in [-0.4, -0.2) is 69.4 Å². The molecule has 0 aromatic heterocycles. The molecule has 7 nitrogen and oxygen atoms in total. The first-order valence-electron chi connectivity index (χ1n) is 5.93. The second-order valence-corrected chi connectivity index (χ2v) is 4.27. The summed E-state index contributed by atoms with van der Waals surface area (Å²) in [5.74, 6) is -0.295. The number of rotatable bonds is 7. The molecule has 5 N–H and O–H groups in total. The quantitative estimate of drug-likeness (QED) is 0.378. The van der Waals surface area contributed by atoms with Gasteiger partial charge in [-0.25, -0.2) is 0 Å². The molecule has 4 atom stereocenters. The van der Waals surface area contributed by atoms with Gasteiger partial charge in [0.15, 0.2) is 5.78 Å². The standard InChI is InChI=1S/C13H18O7/c1-20-8-4-2-7(3-5-8)10(16)12(18)13(19)11(17)9(15)6-14/h2-5,9,11-15,17-19H,6H2,1H3. The molecule has 0 saturated carbocycles. The van der Waals surface area contributed by atoms with Gasteiger partial charge >= 0.3 is 0 Å². The summed E-state index contributed by atoms with van der Waals surface area (Å²) in [5.41, 5.74) is 0.114. The fourth-order valence-electron chi connectivity index (χ4n) is 1.60. The Morgan fingerprint density at radius 1 is 1.10 bits per heavy atom. The van der Waals surface area contributed by atoms with Crippen molar-refractivity contribution in [1.29, 1.82) is 0 Å². The van der Waals surface area contributed by atoms with Crippen LogP contribution in [0.25, 0.3) is 0 Å². The van der Waals surface area contributed by atoms with Crippen molar-refractivity contribution in [2.75, 3.05) is 13.7 Å². The topological polar surface area (TPSA) is 127 Å². The Kier molecular flexibility index (Phi) is 6.05. The molecule has 112 valence electrons. The van der Waals surface area contributed by atoms with E-state index in [1.807, 2.05) is 0 Å². The van der Waals surface area contributed by atoms with Crippen LogP contribution < -0.4 is 4.74 Å². The van der Waals surface area contributed by atoms with Crippen LogP contribution in [-0.2, 0) is 0 Å². The van der Waals surface area contributed by atoms with E-state index in [2.05, 4.69) is 0 Å². The number of methoxy groups -OCH3 is 1. The lowest BCUT2D eigenvalue weighted by Gasteiger charge is -2.24. The van der Waals surface area contributed by atoms with Crippen molar-refractivity contribution >= 4 is 5.78 Å². The van der Waals surface area contributed by atoms with Gasteiger partial charge in [-0.3, -0.25) is 4.79 Å². The van der Waals surface area contributed by atoms with Crippen molar-refractivity contribution in [2.45, 2.75) is 24.4 Å². The second kappa shape index (κ2) is 7.32. The van der Waals surface area contributed by atoms with E-state index in [0.717, 1.165) is 0 Å². The molecule has 0 heterocycles. The number of hydrogen-bond acceptors (Lipinski definition) is 7.